The number of aromatic nitrogens is 2. The van der Waals surface area contributed by atoms with Crippen LogP contribution >= 0.6 is 11.6 Å². The van der Waals surface area contributed by atoms with Gasteiger partial charge in [-0.25, -0.2) is 9.97 Å². The molecule has 0 amide bonds. The number of nitrogens with zero attached hydrogens (tertiary/aromatic N) is 2. The molecule has 2 aromatic rings. The van der Waals surface area contributed by atoms with Gasteiger partial charge in [-0.15, -0.1) is 0 Å². The van der Waals surface area contributed by atoms with Crippen molar-refractivity contribution in [3.05, 3.63) is 41.2 Å². The summed E-state index contributed by atoms with van der Waals surface area (Å²) in [7, 11) is 0. The first-order valence-corrected chi connectivity index (χ1v) is 6.70. The molecule has 0 unspecified atom stereocenters. The molecular weight excluding hydrogens is 260 g/mol. The summed E-state index contributed by atoms with van der Waals surface area (Å²) in [6.45, 7) is 1.98. The largest absolute Gasteiger partial charge is 0.367 e. The molecule has 1 aromatic heterocycles. The highest BCUT2D eigenvalue weighted by Gasteiger charge is 2.21. The van der Waals surface area contributed by atoms with Gasteiger partial charge >= 0.3 is 0 Å². The van der Waals surface area contributed by atoms with E-state index in [9.17, 15) is 0 Å². The molecule has 1 saturated carbocycles. The van der Waals surface area contributed by atoms with Crippen molar-refractivity contribution in [1.29, 1.82) is 0 Å². The number of benzene rings is 1. The van der Waals surface area contributed by atoms with Crippen LogP contribution in [-0.4, -0.2) is 16.0 Å². The molecule has 5 heteroatoms. The minimum Gasteiger partial charge on any atom is -0.367 e. The van der Waals surface area contributed by atoms with E-state index in [1.165, 1.54) is 12.8 Å². The molecule has 1 fully saturated rings. The second kappa shape index (κ2) is 5.05. The van der Waals surface area contributed by atoms with E-state index in [0.29, 0.717) is 6.04 Å². The summed E-state index contributed by atoms with van der Waals surface area (Å²) in [6, 6.07) is 8.35. The lowest BCUT2D eigenvalue weighted by Gasteiger charge is -2.09. The summed E-state index contributed by atoms with van der Waals surface area (Å²) in [5, 5.41) is 7.32. The average Bonchev–Trinajstić information content (AvgIpc) is 3.18. The van der Waals surface area contributed by atoms with Gasteiger partial charge in [-0.3, -0.25) is 0 Å². The fourth-order valence-electron chi connectivity index (χ4n) is 1.76. The van der Waals surface area contributed by atoms with Crippen molar-refractivity contribution in [2.24, 2.45) is 0 Å². The van der Waals surface area contributed by atoms with E-state index < -0.39 is 0 Å². The minimum absolute atomic E-state index is 0.580. The van der Waals surface area contributed by atoms with Crippen LogP contribution in [0, 0.1) is 6.92 Å². The quantitative estimate of drug-likeness (QED) is 0.891. The van der Waals surface area contributed by atoms with Crippen molar-refractivity contribution in [2.45, 2.75) is 25.8 Å². The number of aryl methyl sites for hydroxylation is 1. The molecule has 0 bridgehead atoms. The average molecular weight is 275 g/mol. The molecule has 0 spiro atoms. The molecule has 0 radical (unpaired) electrons. The fourth-order valence-corrected chi connectivity index (χ4v) is 1.94. The van der Waals surface area contributed by atoms with E-state index in [1.807, 2.05) is 31.2 Å². The predicted molar refractivity (Wildman–Crippen MR) is 78.1 cm³/mol. The molecule has 19 heavy (non-hydrogen) atoms. The Morgan fingerprint density at radius 3 is 2.68 bits per heavy atom. The van der Waals surface area contributed by atoms with E-state index in [4.69, 9.17) is 11.6 Å². The maximum absolute atomic E-state index is 6.10. The third-order valence-electron chi connectivity index (χ3n) is 3.04. The van der Waals surface area contributed by atoms with Gasteiger partial charge in [0, 0.05) is 22.8 Å². The molecule has 4 nitrogen and oxygen atoms in total. The van der Waals surface area contributed by atoms with Crippen molar-refractivity contribution in [1.82, 2.24) is 9.97 Å². The van der Waals surface area contributed by atoms with Crippen LogP contribution in [-0.2, 0) is 0 Å². The number of anilines is 3. The number of hydrogen-bond donors (Lipinski definition) is 2. The molecule has 2 N–H and O–H groups in total. The lowest BCUT2D eigenvalue weighted by Crippen LogP contribution is -2.04. The van der Waals surface area contributed by atoms with Gasteiger partial charge in [0.1, 0.15) is 18.0 Å². The van der Waals surface area contributed by atoms with Crippen LogP contribution in [0.3, 0.4) is 0 Å². The Labute approximate surface area is 117 Å². The number of halogens is 1. The van der Waals surface area contributed by atoms with Gasteiger partial charge in [-0.1, -0.05) is 17.7 Å². The summed E-state index contributed by atoms with van der Waals surface area (Å²) in [5.74, 6) is 1.62. The monoisotopic (exact) mass is 274 g/mol. The Morgan fingerprint density at radius 2 is 1.95 bits per heavy atom. The third kappa shape index (κ3) is 3.15. The lowest BCUT2D eigenvalue weighted by molar-refractivity contribution is 1.08. The van der Waals surface area contributed by atoms with Gasteiger partial charge in [-0.05, 0) is 37.5 Å². The molecular formula is C14H15ClN4. The van der Waals surface area contributed by atoms with E-state index in [1.54, 1.807) is 6.33 Å². The summed E-state index contributed by atoms with van der Waals surface area (Å²) < 4.78 is 0. The second-order valence-electron chi connectivity index (χ2n) is 4.80. The lowest BCUT2D eigenvalue weighted by atomic mass is 10.2. The molecule has 0 aliphatic heterocycles. The van der Waals surface area contributed by atoms with E-state index in [-0.39, 0.29) is 0 Å². The molecule has 1 aromatic carbocycles. The highest BCUT2D eigenvalue weighted by atomic mass is 35.5. The van der Waals surface area contributed by atoms with Crippen molar-refractivity contribution >= 4 is 28.9 Å². The summed E-state index contributed by atoms with van der Waals surface area (Å²) in [4.78, 5) is 8.41. The van der Waals surface area contributed by atoms with Crippen molar-refractivity contribution < 1.29 is 0 Å². The zero-order valence-electron chi connectivity index (χ0n) is 10.7. The zero-order chi connectivity index (χ0) is 13.2. The Morgan fingerprint density at radius 1 is 1.16 bits per heavy atom. The number of rotatable bonds is 4. The number of hydrogen-bond acceptors (Lipinski definition) is 4. The zero-order valence-corrected chi connectivity index (χ0v) is 11.4. The molecule has 98 valence electrons. The standard InChI is InChI=1S/C14H15ClN4/c1-9-2-3-11(6-12(9)15)19-14-7-13(16-8-17-14)18-10-4-5-10/h2-3,6-8,10H,4-5H2,1H3,(H2,16,17,18,19). The minimum atomic E-state index is 0.580. The second-order valence-corrected chi connectivity index (χ2v) is 5.20. The van der Waals surface area contributed by atoms with Gasteiger partial charge in [0.25, 0.3) is 0 Å². The van der Waals surface area contributed by atoms with Crippen LogP contribution in [0.15, 0.2) is 30.6 Å². The van der Waals surface area contributed by atoms with Crippen molar-refractivity contribution in [3.63, 3.8) is 0 Å². The van der Waals surface area contributed by atoms with Gasteiger partial charge in [-0.2, -0.15) is 0 Å². The summed E-state index contributed by atoms with van der Waals surface area (Å²) in [5.41, 5.74) is 1.98. The highest BCUT2D eigenvalue weighted by molar-refractivity contribution is 6.31. The van der Waals surface area contributed by atoms with Crippen molar-refractivity contribution in [2.75, 3.05) is 10.6 Å². The molecule has 1 heterocycles. The maximum atomic E-state index is 6.10. The van der Waals surface area contributed by atoms with Crippen LogP contribution in [0.2, 0.25) is 5.02 Å². The van der Waals surface area contributed by atoms with E-state index in [0.717, 1.165) is 27.9 Å². The molecule has 0 atom stereocenters. The first-order valence-electron chi connectivity index (χ1n) is 6.32. The van der Waals surface area contributed by atoms with Crippen LogP contribution in [0.25, 0.3) is 0 Å². The Kier molecular flexibility index (Phi) is 3.25. The molecule has 0 saturated heterocycles. The van der Waals surface area contributed by atoms with E-state index in [2.05, 4.69) is 20.6 Å². The van der Waals surface area contributed by atoms with E-state index >= 15 is 0 Å². The molecule has 1 aliphatic rings. The van der Waals surface area contributed by atoms with Crippen molar-refractivity contribution in [3.8, 4) is 0 Å². The van der Waals surface area contributed by atoms with Gasteiger partial charge in [0.15, 0.2) is 0 Å². The van der Waals surface area contributed by atoms with Gasteiger partial charge in [0.05, 0.1) is 0 Å². The van der Waals surface area contributed by atoms with Crippen LogP contribution in [0.4, 0.5) is 17.3 Å². The first kappa shape index (κ1) is 12.2. The summed E-state index contributed by atoms with van der Waals surface area (Å²) >= 11 is 6.10. The SMILES string of the molecule is Cc1ccc(Nc2cc(NC3CC3)ncn2)cc1Cl. The normalized spacial score (nSPS) is 14.2. The van der Waals surface area contributed by atoms with Crippen LogP contribution in [0.5, 0.6) is 0 Å². The maximum Gasteiger partial charge on any atom is 0.135 e. The van der Waals surface area contributed by atoms with Crippen LogP contribution < -0.4 is 10.6 Å². The Balaban J connectivity index is 1.75. The predicted octanol–water partition coefficient (Wildman–Crippen LogP) is 3.76. The first-order chi connectivity index (χ1) is 9.20. The van der Waals surface area contributed by atoms with Gasteiger partial charge in [0.2, 0.25) is 0 Å². The molecule has 1 aliphatic carbocycles. The number of nitrogens with one attached hydrogen (secondary N) is 2. The Hall–Kier alpha value is -1.81. The van der Waals surface area contributed by atoms with Crippen LogP contribution in [0.1, 0.15) is 18.4 Å². The highest BCUT2D eigenvalue weighted by Crippen LogP contribution is 2.26. The summed E-state index contributed by atoms with van der Waals surface area (Å²) in [6.07, 6.45) is 4.00. The topological polar surface area (TPSA) is 49.8 Å². The smallest absolute Gasteiger partial charge is 0.135 e. The fraction of sp³-hybridized carbons (Fsp3) is 0.286. The van der Waals surface area contributed by atoms with Gasteiger partial charge < -0.3 is 10.6 Å². The Bertz CT molecular complexity index is 596. The third-order valence-corrected chi connectivity index (χ3v) is 3.45. The molecule has 3 rings (SSSR count).